The molecule has 0 N–H and O–H groups in total. The minimum Gasteiger partial charge on any atom is -0.463 e. The molecule has 1 aliphatic carbocycles. The van der Waals surface area contributed by atoms with Crippen LogP contribution < -0.4 is 0 Å². The quantitative estimate of drug-likeness (QED) is 0.542. The SMILES string of the molecule is CC(F)(F)C(=O)OC1CCCC12OCC(COC(=O)CC(F)(F)F)O2. The first-order chi connectivity index (χ1) is 11.4. The second-order valence-corrected chi connectivity index (χ2v) is 6.01. The van der Waals surface area contributed by atoms with Crippen molar-refractivity contribution in [2.75, 3.05) is 13.2 Å². The van der Waals surface area contributed by atoms with Crippen molar-refractivity contribution in [3.8, 4) is 0 Å². The molecule has 0 bridgehead atoms. The summed E-state index contributed by atoms with van der Waals surface area (Å²) in [6, 6.07) is 0. The molecule has 1 spiro atoms. The van der Waals surface area contributed by atoms with Gasteiger partial charge in [-0.05, 0) is 12.8 Å². The van der Waals surface area contributed by atoms with Crippen LogP contribution in [0.3, 0.4) is 0 Å². The maximum absolute atomic E-state index is 13.0. The summed E-state index contributed by atoms with van der Waals surface area (Å²) in [7, 11) is 0. The number of carbonyl (C=O) groups is 2. The monoisotopic (exact) mass is 376 g/mol. The molecule has 0 radical (unpaired) electrons. The third-order valence-corrected chi connectivity index (χ3v) is 3.74. The summed E-state index contributed by atoms with van der Waals surface area (Å²) in [6.45, 7) is -0.215. The number of halogens is 5. The summed E-state index contributed by atoms with van der Waals surface area (Å²) in [5.41, 5.74) is 0. The van der Waals surface area contributed by atoms with Gasteiger partial charge in [0.1, 0.15) is 19.1 Å². The van der Waals surface area contributed by atoms with Gasteiger partial charge >= 0.3 is 24.0 Å². The number of carbonyl (C=O) groups excluding carboxylic acids is 2. The number of rotatable bonds is 5. The lowest BCUT2D eigenvalue weighted by Crippen LogP contribution is -2.44. The van der Waals surface area contributed by atoms with E-state index in [2.05, 4.69) is 4.74 Å². The Morgan fingerprint density at radius 1 is 1.24 bits per heavy atom. The zero-order valence-electron chi connectivity index (χ0n) is 13.2. The summed E-state index contributed by atoms with van der Waals surface area (Å²) in [6.07, 6.45) is -7.37. The van der Waals surface area contributed by atoms with E-state index in [0.29, 0.717) is 13.3 Å². The van der Waals surface area contributed by atoms with E-state index in [4.69, 9.17) is 14.2 Å². The highest BCUT2D eigenvalue weighted by atomic mass is 19.4. The van der Waals surface area contributed by atoms with E-state index in [9.17, 15) is 31.5 Å². The van der Waals surface area contributed by atoms with Crippen LogP contribution in [-0.4, -0.2) is 55.2 Å². The molecule has 0 amide bonds. The number of ether oxygens (including phenoxy) is 4. The standard InChI is InChI=1S/C14H17F5O6/c1-12(15,16)11(21)24-9-3-2-4-13(9)23-7-8(25-13)6-22-10(20)5-14(17,18)19/h8-9H,2-7H2,1H3. The maximum Gasteiger partial charge on any atom is 0.399 e. The van der Waals surface area contributed by atoms with Crippen LogP contribution >= 0.6 is 0 Å². The van der Waals surface area contributed by atoms with E-state index in [1.54, 1.807) is 0 Å². The first-order valence-corrected chi connectivity index (χ1v) is 7.54. The lowest BCUT2D eigenvalue weighted by atomic mass is 10.2. The van der Waals surface area contributed by atoms with Gasteiger partial charge in [-0.3, -0.25) is 4.79 Å². The number of hydrogen-bond donors (Lipinski definition) is 0. The van der Waals surface area contributed by atoms with E-state index in [1.165, 1.54) is 0 Å². The molecule has 3 atom stereocenters. The van der Waals surface area contributed by atoms with Crippen molar-refractivity contribution in [2.24, 2.45) is 0 Å². The normalized spacial score (nSPS) is 29.8. The molecule has 3 unspecified atom stereocenters. The van der Waals surface area contributed by atoms with E-state index in [1.807, 2.05) is 0 Å². The van der Waals surface area contributed by atoms with Gasteiger partial charge in [-0.1, -0.05) is 0 Å². The molecule has 6 nitrogen and oxygen atoms in total. The number of hydrogen-bond acceptors (Lipinski definition) is 6. The second kappa shape index (κ2) is 7.02. The van der Waals surface area contributed by atoms with Crippen LogP contribution in [0.5, 0.6) is 0 Å². The van der Waals surface area contributed by atoms with Gasteiger partial charge in [-0.2, -0.15) is 22.0 Å². The third kappa shape index (κ3) is 5.24. The Balaban J connectivity index is 1.87. The summed E-state index contributed by atoms with van der Waals surface area (Å²) in [4.78, 5) is 22.4. The van der Waals surface area contributed by atoms with E-state index >= 15 is 0 Å². The Labute approximate surface area is 139 Å². The highest BCUT2D eigenvalue weighted by molar-refractivity contribution is 5.77. The van der Waals surface area contributed by atoms with Crippen molar-refractivity contribution in [1.29, 1.82) is 0 Å². The first kappa shape index (κ1) is 19.8. The van der Waals surface area contributed by atoms with Crippen LogP contribution in [-0.2, 0) is 28.5 Å². The molecule has 2 aliphatic rings. The van der Waals surface area contributed by atoms with Crippen LogP contribution in [0.4, 0.5) is 22.0 Å². The maximum atomic E-state index is 13.0. The zero-order chi connectivity index (χ0) is 18.9. The predicted octanol–water partition coefficient (Wildman–Crippen LogP) is 2.34. The van der Waals surface area contributed by atoms with Crippen molar-refractivity contribution in [2.45, 2.75) is 62.7 Å². The second-order valence-electron chi connectivity index (χ2n) is 6.01. The molecular weight excluding hydrogens is 359 g/mol. The molecule has 2 rings (SSSR count). The van der Waals surface area contributed by atoms with Gasteiger partial charge in [0.25, 0.3) is 0 Å². The van der Waals surface area contributed by atoms with Crippen LogP contribution in [0.1, 0.15) is 32.6 Å². The fourth-order valence-corrected chi connectivity index (χ4v) is 2.66. The molecule has 0 aromatic rings. The average Bonchev–Trinajstić information content (AvgIpc) is 3.02. The Hall–Kier alpha value is -1.49. The Morgan fingerprint density at radius 3 is 2.52 bits per heavy atom. The lowest BCUT2D eigenvalue weighted by Gasteiger charge is -2.30. The van der Waals surface area contributed by atoms with Gasteiger partial charge < -0.3 is 18.9 Å². The van der Waals surface area contributed by atoms with Gasteiger partial charge in [0.05, 0.1) is 6.61 Å². The van der Waals surface area contributed by atoms with Crippen molar-refractivity contribution >= 4 is 11.9 Å². The summed E-state index contributed by atoms with van der Waals surface area (Å²) >= 11 is 0. The molecule has 25 heavy (non-hydrogen) atoms. The molecule has 11 heteroatoms. The average molecular weight is 376 g/mol. The highest BCUT2D eigenvalue weighted by Gasteiger charge is 2.54. The molecule has 144 valence electrons. The molecule has 0 aromatic carbocycles. The zero-order valence-corrected chi connectivity index (χ0v) is 13.2. The number of alkyl halides is 5. The van der Waals surface area contributed by atoms with Crippen molar-refractivity contribution in [1.82, 2.24) is 0 Å². The molecular formula is C14H17F5O6. The van der Waals surface area contributed by atoms with Gasteiger partial charge in [-0.15, -0.1) is 0 Å². The minimum atomic E-state index is -4.68. The van der Waals surface area contributed by atoms with E-state index < -0.39 is 55.1 Å². The van der Waals surface area contributed by atoms with Crippen LogP contribution in [0.25, 0.3) is 0 Å². The molecule has 1 heterocycles. The minimum absolute atomic E-state index is 0.129. The summed E-state index contributed by atoms with van der Waals surface area (Å²) < 4.78 is 82.2. The van der Waals surface area contributed by atoms with Crippen LogP contribution in [0.2, 0.25) is 0 Å². The fourth-order valence-electron chi connectivity index (χ4n) is 2.66. The third-order valence-electron chi connectivity index (χ3n) is 3.74. The van der Waals surface area contributed by atoms with Crippen LogP contribution in [0.15, 0.2) is 0 Å². The lowest BCUT2D eigenvalue weighted by molar-refractivity contribution is -0.236. The van der Waals surface area contributed by atoms with Crippen molar-refractivity contribution in [3.05, 3.63) is 0 Å². The Bertz CT molecular complexity index is 517. The smallest absolute Gasteiger partial charge is 0.399 e. The highest BCUT2D eigenvalue weighted by Crippen LogP contribution is 2.42. The molecule has 2 fully saturated rings. The molecule has 0 aromatic heterocycles. The van der Waals surface area contributed by atoms with Crippen LogP contribution in [0, 0.1) is 0 Å². The molecule has 1 saturated carbocycles. The first-order valence-electron chi connectivity index (χ1n) is 7.54. The van der Waals surface area contributed by atoms with Crippen molar-refractivity contribution < 1.29 is 50.5 Å². The van der Waals surface area contributed by atoms with Gasteiger partial charge in [-0.25, -0.2) is 4.79 Å². The van der Waals surface area contributed by atoms with Gasteiger partial charge in [0.15, 0.2) is 6.10 Å². The number of esters is 2. The Morgan fingerprint density at radius 2 is 1.92 bits per heavy atom. The van der Waals surface area contributed by atoms with Gasteiger partial charge in [0, 0.05) is 13.3 Å². The van der Waals surface area contributed by atoms with Gasteiger partial charge in [0.2, 0.25) is 5.79 Å². The summed E-state index contributed by atoms with van der Waals surface area (Å²) in [5.74, 6) is -8.29. The predicted molar refractivity (Wildman–Crippen MR) is 69.5 cm³/mol. The Kier molecular flexibility index (Phi) is 5.57. The largest absolute Gasteiger partial charge is 0.463 e. The molecule has 1 saturated heterocycles. The van der Waals surface area contributed by atoms with E-state index in [0.717, 1.165) is 0 Å². The van der Waals surface area contributed by atoms with E-state index in [-0.39, 0.29) is 19.4 Å². The molecule has 1 aliphatic heterocycles. The topological polar surface area (TPSA) is 71.1 Å². The van der Waals surface area contributed by atoms with Crippen molar-refractivity contribution in [3.63, 3.8) is 0 Å². The fraction of sp³-hybridized carbons (Fsp3) is 0.857. The summed E-state index contributed by atoms with van der Waals surface area (Å²) in [5, 5.41) is 0.